The number of benzene rings is 2. The minimum atomic E-state index is -0.528. The maximum absolute atomic E-state index is 12.8. The molecule has 2 aromatic rings. The van der Waals surface area contributed by atoms with Gasteiger partial charge in [-0.15, -0.1) is 0 Å². The molecule has 0 aromatic heterocycles. The molecule has 2 heterocycles. The van der Waals surface area contributed by atoms with Crippen LogP contribution in [-0.2, 0) is 9.59 Å². The quantitative estimate of drug-likeness (QED) is 0.402. The summed E-state index contributed by atoms with van der Waals surface area (Å²) in [5.74, 6) is -0.00680. The maximum Gasteiger partial charge on any atom is 0.312 e. The van der Waals surface area contributed by atoms with Crippen LogP contribution in [0, 0.1) is 0 Å². The van der Waals surface area contributed by atoms with E-state index in [1.54, 1.807) is 38.1 Å². The number of allylic oxidation sites excluding steroid dienone is 2. The van der Waals surface area contributed by atoms with Crippen molar-refractivity contribution in [2.24, 2.45) is 0 Å². The van der Waals surface area contributed by atoms with Gasteiger partial charge in [0, 0.05) is 18.4 Å². The summed E-state index contributed by atoms with van der Waals surface area (Å²) in [6.07, 6.45) is 0.0182. The molecule has 0 saturated heterocycles. The molecule has 8 nitrogen and oxygen atoms in total. The van der Waals surface area contributed by atoms with Crippen LogP contribution in [0.5, 0.6) is 28.7 Å². The van der Waals surface area contributed by atoms with Crippen molar-refractivity contribution in [3.8, 4) is 28.7 Å². The van der Waals surface area contributed by atoms with Gasteiger partial charge in [0.2, 0.25) is 11.5 Å². The van der Waals surface area contributed by atoms with Gasteiger partial charge in [0.15, 0.2) is 17.3 Å². The van der Waals surface area contributed by atoms with Crippen molar-refractivity contribution < 1.29 is 38.1 Å². The lowest BCUT2D eigenvalue weighted by Crippen LogP contribution is -2.22. The van der Waals surface area contributed by atoms with Gasteiger partial charge in [0.25, 0.3) is 0 Å². The first-order valence-electron chi connectivity index (χ1n) is 9.97. The van der Waals surface area contributed by atoms with Crippen LogP contribution in [0.15, 0.2) is 35.6 Å². The minimum absolute atomic E-state index is 0.0182. The van der Waals surface area contributed by atoms with Crippen molar-refractivity contribution >= 4 is 17.7 Å². The number of Topliss-reactive ketones (excluding diaryl/α,β-unsaturated/α-hetero) is 1. The highest BCUT2D eigenvalue weighted by molar-refractivity contribution is 6.13. The van der Waals surface area contributed by atoms with Gasteiger partial charge in [-0.1, -0.05) is 0 Å². The van der Waals surface area contributed by atoms with Gasteiger partial charge >= 0.3 is 11.9 Å². The van der Waals surface area contributed by atoms with Crippen molar-refractivity contribution in [2.75, 3.05) is 14.2 Å². The highest BCUT2D eigenvalue weighted by atomic mass is 16.6. The second kappa shape index (κ2) is 8.03. The number of carbonyl (C=O) groups excluding carboxylic acids is 3. The van der Waals surface area contributed by atoms with E-state index >= 15 is 0 Å². The van der Waals surface area contributed by atoms with Crippen molar-refractivity contribution in [2.45, 2.75) is 33.1 Å². The number of methoxy groups -OCH3 is 2. The second-order valence-corrected chi connectivity index (χ2v) is 7.69. The van der Waals surface area contributed by atoms with Crippen molar-refractivity contribution in [3.05, 3.63) is 52.3 Å². The molecule has 32 heavy (non-hydrogen) atoms. The summed E-state index contributed by atoms with van der Waals surface area (Å²) in [7, 11) is 2.88. The standard InChI is InChI=1S/C24H22O8/c1-11(2)22-21(27)14-6-7-16-20(23(14)32-22)15(10-19(26)31-16)13-8-17(28-4)24(30-12(3)25)18(9-13)29-5/h6-9,15H,10H2,1-5H3/t15-/m0/s1. The smallest absolute Gasteiger partial charge is 0.312 e. The first-order valence-corrected chi connectivity index (χ1v) is 9.97. The molecule has 1 atom stereocenters. The van der Waals surface area contributed by atoms with Crippen molar-refractivity contribution in [1.82, 2.24) is 0 Å². The van der Waals surface area contributed by atoms with E-state index in [1.165, 1.54) is 21.1 Å². The van der Waals surface area contributed by atoms with Gasteiger partial charge in [-0.25, -0.2) is 0 Å². The average Bonchev–Trinajstić information content (AvgIpc) is 3.09. The van der Waals surface area contributed by atoms with Crippen LogP contribution >= 0.6 is 0 Å². The minimum Gasteiger partial charge on any atom is -0.493 e. The summed E-state index contributed by atoms with van der Waals surface area (Å²) in [6, 6.07) is 6.56. The number of esters is 2. The molecule has 8 heteroatoms. The number of ketones is 1. The lowest BCUT2D eigenvalue weighted by atomic mass is 9.84. The summed E-state index contributed by atoms with van der Waals surface area (Å²) in [6.45, 7) is 4.87. The van der Waals surface area contributed by atoms with Crippen LogP contribution in [0.3, 0.4) is 0 Å². The number of fused-ring (bicyclic) bond motifs is 3. The van der Waals surface area contributed by atoms with E-state index in [0.717, 1.165) is 5.57 Å². The molecule has 0 spiro atoms. The first kappa shape index (κ1) is 21.4. The van der Waals surface area contributed by atoms with E-state index in [-0.39, 0.29) is 35.2 Å². The molecule has 0 fully saturated rings. The fourth-order valence-corrected chi connectivity index (χ4v) is 3.95. The van der Waals surface area contributed by atoms with Crippen LogP contribution in [-0.4, -0.2) is 31.9 Å². The molecular formula is C24H22O8. The lowest BCUT2D eigenvalue weighted by molar-refractivity contribution is -0.135. The van der Waals surface area contributed by atoms with Gasteiger partial charge < -0.3 is 23.7 Å². The molecule has 4 rings (SSSR count). The number of ether oxygens (including phenoxy) is 5. The molecule has 0 aliphatic carbocycles. The fourth-order valence-electron chi connectivity index (χ4n) is 3.95. The summed E-state index contributed by atoms with van der Waals surface area (Å²) < 4.78 is 27.5. The third kappa shape index (κ3) is 3.47. The lowest BCUT2D eigenvalue weighted by Gasteiger charge is -2.27. The summed E-state index contributed by atoms with van der Waals surface area (Å²) >= 11 is 0. The molecule has 166 valence electrons. The topological polar surface area (TPSA) is 97.4 Å². The van der Waals surface area contributed by atoms with E-state index < -0.39 is 17.9 Å². The Balaban J connectivity index is 1.91. The molecule has 2 aliphatic rings. The van der Waals surface area contributed by atoms with Gasteiger partial charge in [0.1, 0.15) is 11.5 Å². The zero-order valence-electron chi connectivity index (χ0n) is 18.4. The highest BCUT2D eigenvalue weighted by Crippen LogP contribution is 2.51. The van der Waals surface area contributed by atoms with Crippen molar-refractivity contribution in [3.63, 3.8) is 0 Å². The third-order valence-electron chi connectivity index (χ3n) is 5.34. The third-order valence-corrected chi connectivity index (χ3v) is 5.34. The molecule has 0 bridgehead atoms. The van der Waals surface area contributed by atoms with Crippen LogP contribution < -0.4 is 23.7 Å². The SMILES string of the molecule is COc1cc([C@@H]2CC(=O)Oc3ccc4c(c32)OC(=C(C)C)C4=O)cc(OC)c1OC(C)=O. The molecule has 0 unspecified atom stereocenters. The molecule has 2 aliphatic heterocycles. The van der Waals surface area contributed by atoms with Gasteiger partial charge in [0.05, 0.1) is 26.2 Å². The zero-order chi connectivity index (χ0) is 23.2. The molecule has 0 N–H and O–H groups in total. The fraction of sp³-hybridized carbons (Fsp3) is 0.292. The Bertz CT molecular complexity index is 1160. The van der Waals surface area contributed by atoms with Crippen LogP contribution in [0.2, 0.25) is 0 Å². The Morgan fingerprint density at radius 3 is 2.22 bits per heavy atom. The first-order chi connectivity index (χ1) is 15.2. The van der Waals surface area contributed by atoms with Crippen LogP contribution in [0.25, 0.3) is 0 Å². The monoisotopic (exact) mass is 438 g/mol. The number of rotatable bonds is 4. The Labute approximate surface area is 184 Å². The average molecular weight is 438 g/mol. The summed E-state index contributed by atoms with van der Waals surface area (Å²) in [5.41, 5.74) is 2.41. The van der Waals surface area contributed by atoms with E-state index in [9.17, 15) is 14.4 Å². The summed E-state index contributed by atoms with van der Waals surface area (Å²) in [4.78, 5) is 36.7. The van der Waals surface area contributed by atoms with Gasteiger partial charge in [-0.05, 0) is 49.2 Å². The van der Waals surface area contributed by atoms with E-state index in [2.05, 4.69) is 0 Å². The maximum atomic E-state index is 12.8. The predicted octanol–water partition coefficient (Wildman–Crippen LogP) is 3.94. The van der Waals surface area contributed by atoms with Crippen molar-refractivity contribution in [1.29, 1.82) is 0 Å². The van der Waals surface area contributed by atoms with E-state index in [1.807, 2.05) is 0 Å². The second-order valence-electron chi connectivity index (χ2n) is 7.69. The number of hydrogen-bond acceptors (Lipinski definition) is 8. The van der Waals surface area contributed by atoms with Gasteiger partial charge in [-0.2, -0.15) is 0 Å². The molecule has 0 amide bonds. The summed E-state index contributed by atoms with van der Waals surface area (Å²) in [5, 5.41) is 0. The predicted molar refractivity (Wildman–Crippen MR) is 113 cm³/mol. The normalized spacial score (nSPS) is 16.5. The zero-order valence-corrected chi connectivity index (χ0v) is 18.4. The molecule has 0 radical (unpaired) electrons. The number of carbonyl (C=O) groups is 3. The molecule has 0 saturated carbocycles. The molecule has 2 aromatic carbocycles. The van der Waals surface area contributed by atoms with E-state index in [4.69, 9.17) is 23.7 Å². The largest absolute Gasteiger partial charge is 0.493 e. The molecular weight excluding hydrogens is 416 g/mol. The Hall–Kier alpha value is -3.81. The van der Waals surface area contributed by atoms with Gasteiger partial charge in [-0.3, -0.25) is 14.4 Å². The Kier molecular flexibility index (Phi) is 5.38. The number of hydrogen-bond donors (Lipinski definition) is 0. The Morgan fingerprint density at radius 1 is 1.00 bits per heavy atom. The Morgan fingerprint density at radius 2 is 1.66 bits per heavy atom. The highest BCUT2D eigenvalue weighted by Gasteiger charge is 2.39. The van der Waals surface area contributed by atoms with Crippen LogP contribution in [0.4, 0.5) is 0 Å². The van der Waals surface area contributed by atoms with Crippen LogP contribution in [0.1, 0.15) is 54.6 Å². The van der Waals surface area contributed by atoms with E-state index in [0.29, 0.717) is 28.2 Å².